The molecule has 0 radical (unpaired) electrons. The van der Waals surface area contributed by atoms with Crippen LogP contribution in [0.3, 0.4) is 0 Å². The van der Waals surface area contributed by atoms with Crippen LogP contribution in [0.1, 0.15) is 59.9 Å². The second-order valence-electron chi connectivity index (χ2n) is 7.80. The third-order valence-corrected chi connectivity index (χ3v) is 5.56. The van der Waals surface area contributed by atoms with Crippen molar-refractivity contribution < 1.29 is 9.21 Å². The van der Waals surface area contributed by atoms with Crippen LogP contribution in [-0.4, -0.2) is 37.0 Å². The Morgan fingerprint density at radius 2 is 1.75 bits per heavy atom. The summed E-state index contributed by atoms with van der Waals surface area (Å²) in [5.41, 5.74) is 2.78. The van der Waals surface area contributed by atoms with E-state index in [2.05, 4.69) is 43.0 Å². The molecule has 0 bridgehead atoms. The molecule has 5 nitrogen and oxygen atoms in total. The summed E-state index contributed by atoms with van der Waals surface area (Å²) in [7, 11) is 0. The topological polar surface area (TPSA) is 53.8 Å². The maximum absolute atomic E-state index is 13.0. The van der Waals surface area contributed by atoms with Crippen molar-refractivity contribution in [3.8, 4) is 0 Å². The molecule has 1 fully saturated rings. The molecule has 1 aromatic heterocycles. The lowest BCUT2D eigenvalue weighted by Crippen LogP contribution is -2.49. The van der Waals surface area contributed by atoms with Crippen LogP contribution in [0.4, 0.5) is 5.69 Å². The quantitative estimate of drug-likeness (QED) is 0.780. The van der Waals surface area contributed by atoms with Crippen LogP contribution in [0.15, 0.2) is 39.5 Å². The number of nitrogens with zero attached hydrogens (tertiary/aromatic N) is 2. The van der Waals surface area contributed by atoms with Gasteiger partial charge in [0.15, 0.2) is 0 Å². The minimum Gasteiger partial charge on any atom is -0.427 e. The first-order valence-electron chi connectivity index (χ1n) is 10.2. The van der Waals surface area contributed by atoms with Gasteiger partial charge in [0.1, 0.15) is 11.3 Å². The van der Waals surface area contributed by atoms with Crippen LogP contribution in [0, 0.1) is 13.8 Å². The van der Waals surface area contributed by atoms with E-state index in [4.69, 9.17) is 4.42 Å². The van der Waals surface area contributed by atoms with Crippen LogP contribution in [0.25, 0.3) is 0 Å². The lowest BCUT2D eigenvalue weighted by molar-refractivity contribution is 0.0740. The van der Waals surface area contributed by atoms with Crippen LogP contribution in [-0.2, 0) is 0 Å². The summed E-state index contributed by atoms with van der Waals surface area (Å²) in [5, 5.41) is 0. The number of hydrogen-bond acceptors (Lipinski definition) is 4. The van der Waals surface area contributed by atoms with E-state index >= 15 is 0 Å². The molecule has 1 saturated heterocycles. The molecule has 0 aliphatic carbocycles. The van der Waals surface area contributed by atoms with E-state index in [1.165, 1.54) is 11.3 Å². The Morgan fingerprint density at radius 3 is 2.32 bits per heavy atom. The van der Waals surface area contributed by atoms with E-state index in [0.29, 0.717) is 24.4 Å². The number of aryl methyl sites for hydroxylation is 2. The lowest BCUT2D eigenvalue weighted by Gasteiger charge is -2.36. The van der Waals surface area contributed by atoms with Gasteiger partial charge in [-0.3, -0.25) is 4.79 Å². The van der Waals surface area contributed by atoms with Gasteiger partial charge in [0.25, 0.3) is 5.91 Å². The Balaban J connectivity index is 1.71. The molecule has 0 N–H and O–H groups in total. The molecule has 0 spiro atoms. The van der Waals surface area contributed by atoms with Crippen molar-refractivity contribution in [1.29, 1.82) is 0 Å². The third-order valence-electron chi connectivity index (χ3n) is 5.56. The maximum Gasteiger partial charge on any atom is 0.349 e. The van der Waals surface area contributed by atoms with Crippen LogP contribution in [0.2, 0.25) is 0 Å². The molecule has 28 heavy (non-hydrogen) atoms. The monoisotopic (exact) mass is 382 g/mol. The lowest BCUT2D eigenvalue weighted by atomic mass is 10.00. The number of carbonyl (C=O) groups is 1. The molecule has 5 heteroatoms. The second kappa shape index (κ2) is 8.63. The van der Waals surface area contributed by atoms with Gasteiger partial charge in [0, 0.05) is 37.8 Å². The first-order valence-corrected chi connectivity index (χ1v) is 10.2. The average molecular weight is 383 g/mol. The van der Waals surface area contributed by atoms with Gasteiger partial charge < -0.3 is 14.2 Å². The van der Waals surface area contributed by atoms with Gasteiger partial charge in [-0.2, -0.15) is 0 Å². The van der Waals surface area contributed by atoms with E-state index in [9.17, 15) is 9.59 Å². The molecular weight excluding hydrogens is 352 g/mol. The summed E-state index contributed by atoms with van der Waals surface area (Å²) in [4.78, 5) is 29.6. The van der Waals surface area contributed by atoms with Crippen molar-refractivity contribution in [2.75, 3.05) is 31.1 Å². The first-order chi connectivity index (χ1) is 13.4. The fourth-order valence-electron chi connectivity index (χ4n) is 3.79. The highest BCUT2D eigenvalue weighted by Gasteiger charge is 2.27. The van der Waals surface area contributed by atoms with E-state index in [0.717, 1.165) is 25.9 Å². The molecule has 1 aliphatic heterocycles. The van der Waals surface area contributed by atoms with Crippen molar-refractivity contribution >= 4 is 11.6 Å². The zero-order valence-corrected chi connectivity index (χ0v) is 17.3. The highest BCUT2D eigenvalue weighted by molar-refractivity contribution is 5.95. The predicted molar refractivity (Wildman–Crippen MR) is 112 cm³/mol. The molecule has 3 rings (SSSR count). The molecule has 150 valence electrons. The molecule has 2 heterocycles. The van der Waals surface area contributed by atoms with Gasteiger partial charge in [-0.15, -0.1) is 0 Å². The molecule has 1 atom stereocenters. The summed E-state index contributed by atoms with van der Waals surface area (Å²) in [6.07, 6.45) is 1.98. The highest BCUT2D eigenvalue weighted by atomic mass is 16.4. The Kier molecular flexibility index (Phi) is 6.22. The van der Waals surface area contributed by atoms with Gasteiger partial charge in [-0.25, -0.2) is 4.79 Å². The SMILES string of the molecule is CCCC(C)c1cc(C)c(C(=O)N2CCN(c3ccc(C)cc3)CC2)c(=O)o1. The van der Waals surface area contributed by atoms with Crippen LogP contribution in [0.5, 0.6) is 0 Å². The maximum atomic E-state index is 13.0. The summed E-state index contributed by atoms with van der Waals surface area (Å²) in [6.45, 7) is 10.8. The number of piperazine rings is 1. The largest absolute Gasteiger partial charge is 0.427 e. The zero-order chi connectivity index (χ0) is 20.3. The summed E-state index contributed by atoms with van der Waals surface area (Å²) in [6, 6.07) is 10.3. The van der Waals surface area contributed by atoms with Gasteiger partial charge >= 0.3 is 5.63 Å². The summed E-state index contributed by atoms with van der Waals surface area (Å²) >= 11 is 0. The minimum absolute atomic E-state index is 0.177. The normalized spacial score (nSPS) is 15.6. The first kappa shape index (κ1) is 20.2. The fraction of sp³-hybridized carbons (Fsp3) is 0.478. The van der Waals surface area contributed by atoms with Gasteiger partial charge in [0.2, 0.25) is 0 Å². The number of amides is 1. The van der Waals surface area contributed by atoms with Gasteiger partial charge in [-0.05, 0) is 44.0 Å². The molecule has 1 amide bonds. The van der Waals surface area contributed by atoms with E-state index < -0.39 is 5.63 Å². The Hall–Kier alpha value is -2.56. The highest BCUT2D eigenvalue weighted by Crippen LogP contribution is 2.22. The smallest absolute Gasteiger partial charge is 0.349 e. The molecule has 1 aromatic carbocycles. The van der Waals surface area contributed by atoms with Crippen molar-refractivity contribution in [3.63, 3.8) is 0 Å². The summed E-state index contributed by atoms with van der Waals surface area (Å²) < 4.78 is 5.50. The number of benzene rings is 1. The Bertz CT molecular complexity index is 878. The Morgan fingerprint density at radius 1 is 1.11 bits per heavy atom. The van der Waals surface area contributed by atoms with Crippen molar-refractivity contribution in [1.82, 2.24) is 4.90 Å². The third kappa shape index (κ3) is 4.29. The van der Waals surface area contributed by atoms with E-state index in [1.807, 2.05) is 19.9 Å². The second-order valence-corrected chi connectivity index (χ2v) is 7.80. The molecule has 1 unspecified atom stereocenters. The standard InChI is InChI=1S/C23H30N2O3/c1-5-6-17(3)20-15-18(4)21(23(27)28-20)22(26)25-13-11-24(12-14-25)19-9-7-16(2)8-10-19/h7-10,15,17H,5-6,11-14H2,1-4H3. The summed E-state index contributed by atoms with van der Waals surface area (Å²) in [5.74, 6) is 0.633. The van der Waals surface area contributed by atoms with Gasteiger partial charge in [0.05, 0.1) is 0 Å². The molecule has 2 aromatic rings. The predicted octanol–water partition coefficient (Wildman–Crippen LogP) is 4.12. The fourth-order valence-corrected chi connectivity index (χ4v) is 3.79. The van der Waals surface area contributed by atoms with Crippen molar-refractivity contribution in [2.45, 2.75) is 46.5 Å². The molecule has 1 aliphatic rings. The van der Waals surface area contributed by atoms with Crippen molar-refractivity contribution in [3.05, 3.63) is 63.2 Å². The van der Waals surface area contributed by atoms with Crippen LogP contribution < -0.4 is 10.5 Å². The van der Waals surface area contributed by atoms with E-state index in [-0.39, 0.29) is 17.4 Å². The van der Waals surface area contributed by atoms with Crippen molar-refractivity contribution in [2.24, 2.45) is 0 Å². The average Bonchev–Trinajstić information content (AvgIpc) is 2.68. The molecular formula is C23H30N2O3. The number of anilines is 1. The zero-order valence-electron chi connectivity index (χ0n) is 17.3. The number of carbonyl (C=O) groups excluding carboxylic acids is 1. The molecule has 0 saturated carbocycles. The number of rotatable bonds is 5. The Labute approximate surface area is 167 Å². The number of hydrogen-bond donors (Lipinski definition) is 0. The van der Waals surface area contributed by atoms with Crippen LogP contribution >= 0.6 is 0 Å². The minimum atomic E-state index is -0.510. The van der Waals surface area contributed by atoms with E-state index in [1.54, 1.807) is 4.90 Å². The van der Waals surface area contributed by atoms with Gasteiger partial charge in [-0.1, -0.05) is 38.0 Å².